The van der Waals surface area contributed by atoms with Crippen LogP contribution in [0.3, 0.4) is 0 Å². The second-order valence-electron chi connectivity index (χ2n) is 6.45. The van der Waals surface area contributed by atoms with Gasteiger partial charge in [0.05, 0.1) is 18.8 Å². The fraction of sp³-hybridized carbons (Fsp3) is 0.455. The van der Waals surface area contributed by atoms with Gasteiger partial charge in [-0.15, -0.1) is 0 Å². The van der Waals surface area contributed by atoms with E-state index >= 15 is 0 Å². The summed E-state index contributed by atoms with van der Waals surface area (Å²) in [5, 5.41) is 12.0. The largest absolute Gasteiger partial charge is 0.504 e. The summed E-state index contributed by atoms with van der Waals surface area (Å²) >= 11 is 9.66. The molecule has 0 fully saturated rings. The first kappa shape index (κ1) is 29.9. The van der Waals surface area contributed by atoms with Gasteiger partial charge in [0, 0.05) is 28.1 Å². The van der Waals surface area contributed by atoms with Gasteiger partial charge >= 0.3 is 0 Å². The Morgan fingerprint density at radius 2 is 1.23 bits per heavy atom. The van der Waals surface area contributed by atoms with E-state index in [0.29, 0.717) is 18.1 Å². The fourth-order valence-corrected chi connectivity index (χ4v) is 2.09. The van der Waals surface area contributed by atoms with E-state index in [0.717, 1.165) is 22.1 Å². The Balaban J connectivity index is 0.000000504. The number of alkyl halides is 3. The minimum absolute atomic E-state index is 0.00174. The SMILES string of the molecule is BrCCBr.CC(C)Oc1cc(F)ccc1O.CC(C)Oc1cc(F)ccc1OCCBr. The van der Waals surface area contributed by atoms with Gasteiger partial charge in [0.25, 0.3) is 0 Å². The highest BCUT2D eigenvalue weighted by atomic mass is 79.9. The molecule has 0 aromatic heterocycles. The van der Waals surface area contributed by atoms with E-state index in [4.69, 9.17) is 14.2 Å². The van der Waals surface area contributed by atoms with Gasteiger partial charge in [0.2, 0.25) is 0 Å². The van der Waals surface area contributed by atoms with E-state index in [1.165, 1.54) is 24.3 Å². The van der Waals surface area contributed by atoms with Crippen LogP contribution in [0.15, 0.2) is 36.4 Å². The average Bonchev–Trinajstić information content (AvgIpc) is 2.70. The second-order valence-corrected chi connectivity index (χ2v) is 8.83. The third kappa shape index (κ3) is 14.6. The molecule has 176 valence electrons. The summed E-state index contributed by atoms with van der Waals surface area (Å²) in [5.41, 5.74) is 0. The predicted molar refractivity (Wildman–Crippen MR) is 133 cm³/mol. The van der Waals surface area contributed by atoms with Crippen molar-refractivity contribution in [2.75, 3.05) is 22.6 Å². The lowest BCUT2D eigenvalue weighted by atomic mass is 10.3. The summed E-state index contributed by atoms with van der Waals surface area (Å²) in [6.07, 6.45) is -0.0733. The highest BCUT2D eigenvalue weighted by Crippen LogP contribution is 2.29. The Labute approximate surface area is 208 Å². The van der Waals surface area contributed by atoms with Gasteiger partial charge in [-0.2, -0.15) is 0 Å². The fourth-order valence-electron chi connectivity index (χ4n) is 1.93. The monoisotopic (exact) mass is 632 g/mol. The van der Waals surface area contributed by atoms with Crippen molar-refractivity contribution >= 4 is 47.8 Å². The molecule has 0 heterocycles. The molecule has 0 saturated heterocycles. The van der Waals surface area contributed by atoms with Crippen LogP contribution >= 0.6 is 47.8 Å². The van der Waals surface area contributed by atoms with Crippen LogP contribution in [0.5, 0.6) is 23.0 Å². The van der Waals surface area contributed by atoms with Crippen molar-refractivity contribution in [1.82, 2.24) is 0 Å². The van der Waals surface area contributed by atoms with E-state index in [2.05, 4.69) is 47.8 Å². The number of benzene rings is 2. The van der Waals surface area contributed by atoms with Gasteiger partial charge in [-0.3, -0.25) is 0 Å². The van der Waals surface area contributed by atoms with Gasteiger partial charge in [-0.1, -0.05) is 47.8 Å². The number of hydrogen-bond acceptors (Lipinski definition) is 4. The lowest BCUT2D eigenvalue weighted by Crippen LogP contribution is -2.08. The molecule has 0 amide bonds. The van der Waals surface area contributed by atoms with Crippen LogP contribution in [0.2, 0.25) is 0 Å². The molecule has 2 rings (SSSR count). The molecule has 0 atom stereocenters. The molecule has 1 N–H and O–H groups in total. The first-order valence-corrected chi connectivity index (χ1v) is 12.9. The van der Waals surface area contributed by atoms with Crippen LogP contribution in [-0.2, 0) is 0 Å². The van der Waals surface area contributed by atoms with Crippen molar-refractivity contribution in [2.45, 2.75) is 39.9 Å². The highest BCUT2D eigenvalue weighted by molar-refractivity contribution is 9.12. The van der Waals surface area contributed by atoms with Crippen LogP contribution in [0.25, 0.3) is 0 Å². The third-order valence-electron chi connectivity index (χ3n) is 2.96. The number of hydrogen-bond donors (Lipinski definition) is 1. The van der Waals surface area contributed by atoms with E-state index < -0.39 is 5.82 Å². The molecule has 2 aromatic rings. The number of rotatable bonds is 8. The van der Waals surface area contributed by atoms with Gasteiger partial charge in [-0.05, 0) is 52.0 Å². The maximum Gasteiger partial charge on any atom is 0.164 e. The molecule has 0 bridgehead atoms. The molecule has 4 nitrogen and oxygen atoms in total. The zero-order chi connectivity index (χ0) is 23.8. The summed E-state index contributed by atoms with van der Waals surface area (Å²) in [4.78, 5) is 0. The number of phenolic OH excluding ortho intramolecular Hbond substituents is 1. The maximum atomic E-state index is 13.0. The van der Waals surface area contributed by atoms with Gasteiger partial charge < -0.3 is 19.3 Å². The molecule has 0 aliphatic rings. The predicted octanol–water partition coefficient (Wildman–Crippen LogP) is 7.48. The van der Waals surface area contributed by atoms with Crippen LogP contribution in [0.4, 0.5) is 8.78 Å². The Bertz CT molecular complexity index is 745. The first-order valence-electron chi connectivity index (χ1n) is 9.56. The molecule has 31 heavy (non-hydrogen) atoms. The van der Waals surface area contributed by atoms with E-state index in [9.17, 15) is 13.9 Å². The quantitative estimate of drug-likeness (QED) is 0.306. The zero-order valence-electron chi connectivity index (χ0n) is 18.0. The van der Waals surface area contributed by atoms with Crippen molar-refractivity contribution in [3.8, 4) is 23.0 Å². The lowest BCUT2D eigenvalue weighted by molar-refractivity contribution is 0.223. The van der Waals surface area contributed by atoms with Crippen molar-refractivity contribution < 1.29 is 28.1 Å². The second kappa shape index (κ2) is 17.5. The Morgan fingerprint density at radius 3 is 1.71 bits per heavy atom. The number of ether oxygens (including phenoxy) is 3. The first-order chi connectivity index (χ1) is 14.6. The van der Waals surface area contributed by atoms with Crippen molar-refractivity contribution in [1.29, 1.82) is 0 Å². The van der Waals surface area contributed by atoms with Crippen molar-refractivity contribution in [3.05, 3.63) is 48.0 Å². The highest BCUT2D eigenvalue weighted by Gasteiger charge is 2.08. The summed E-state index contributed by atoms with van der Waals surface area (Å²) in [5.74, 6) is 0.436. The summed E-state index contributed by atoms with van der Waals surface area (Å²) in [6.45, 7) is 7.92. The summed E-state index contributed by atoms with van der Waals surface area (Å²) in [7, 11) is 0. The van der Waals surface area contributed by atoms with Gasteiger partial charge in [0.1, 0.15) is 11.6 Å². The Hall–Kier alpha value is -1.06. The van der Waals surface area contributed by atoms with Crippen molar-refractivity contribution in [3.63, 3.8) is 0 Å². The zero-order valence-corrected chi connectivity index (χ0v) is 22.8. The molecule has 0 saturated carbocycles. The van der Waals surface area contributed by atoms with E-state index in [1.807, 2.05) is 27.7 Å². The lowest BCUT2D eigenvalue weighted by Gasteiger charge is -2.14. The van der Waals surface area contributed by atoms with E-state index in [1.54, 1.807) is 6.07 Å². The molecule has 0 aliphatic carbocycles. The summed E-state index contributed by atoms with van der Waals surface area (Å²) < 4.78 is 41.6. The smallest absolute Gasteiger partial charge is 0.164 e. The molecule has 0 aliphatic heterocycles. The average molecular weight is 635 g/mol. The number of halogens is 5. The number of aromatic hydroxyl groups is 1. The van der Waals surface area contributed by atoms with Crippen LogP contribution in [0, 0.1) is 11.6 Å². The maximum absolute atomic E-state index is 13.0. The Morgan fingerprint density at radius 1 is 0.742 bits per heavy atom. The van der Waals surface area contributed by atoms with Crippen LogP contribution in [0.1, 0.15) is 27.7 Å². The van der Waals surface area contributed by atoms with Crippen LogP contribution in [-0.4, -0.2) is 39.9 Å². The Kier molecular flexibility index (Phi) is 16.9. The standard InChI is InChI=1S/C11H14BrFO2.C9H11FO2.C2H4Br2/c1-8(2)15-11-7-9(13)3-4-10(11)14-6-5-12;1-6(2)12-9-5-7(10)3-4-8(9)11;3-1-2-4/h3-4,7-8H,5-6H2,1-2H3;3-6,11H,1-2H3;1-2H2. The third-order valence-corrected chi connectivity index (χ3v) is 5.14. The van der Waals surface area contributed by atoms with Gasteiger partial charge in [-0.25, -0.2) is 8.78 Å². The summed E-state index contributed by atoms with van der Waals surface area (Å²) in [6, 6.07) is 7.89. The molecular formula is C22H29Br3F2O4. The molecule has 9 heteroatoms. The normalized spacial score (nSPS) is 10.0. The topological polar surface area (TPSA) is 47.9 Å². The molecule has 0 unspecified atom stereocenters. The molecular weight excluding hydrogens is 606 g/mol. The molecule has 0 spiro atoms. The molecule has 0 radical (unpaired) electrons. The minimum Gasteiger partial charge on any atom is -0.504 e. The minimum atomic E-state index is -0.413. The van der Waals surface area contributed by atoms with Crippen LogP contribution < -0.4 is 14.2 Å². The molecule has 2 aromatic carbocycles. The number of phenols is 1. The van der Waals surface area contributed by atoms with Crippen molar-refractivity contribution in [2.24, 2.45) is 0 Å². The van der Waals surface area contributed by atoms with E-state index in [-0.39, 0.29) is 29.5 Å². The van der Waals surface area contributed by atoms with Gasteiger partial charge in [0.15, 0.2) is 23.0 Å².